The quantitative estimate of drug-likeness (QED) is 0.123. The van der Waals surface area contributed by atoms with Gasteiger partial charge in [-0.3, -0.25) is 0 Å². The molecule has 3 N–H and O–H groups in total. The van der Waals surface area contributed by atoms with Crippen LogP contribution in [0, 0.1) is 38.9 Å². The third kappa shape index (κ3) is 9.22. The number of terminal acetylenes is 1. The van der Waals surface area contributed by atoms with Gasteiger partial charge in [-0.05, 0) is 87.4 Å². The van der Waals surface area contributed by atoms with E-state index in [1.54, 1.807) is 18.5 Å². The van der Waals surface area contributed by atoms with E-state index in [0.717, 1.165) is 66.1 Å². The maximum atomic E-state index is 14.0. The number of aromatic amines is 1. The van der Waals surface area contributed by atoms with Crippen molar-refractivity contribution in [3.8, 4) is 12.3 Å². The van der Waals surface area contributed by atoms with Gasteiger partial charge in [0.25, 0.3) is 0 Å². The zero-order valence-electron chi connectivity index (χ0n) is 24.0. The number of hydrogen-bond acceptors (Lipinski definition) is 3. The third-order valence-corrected chi connectivity index (χ3v) is 6.13. The molecule has 0 saturated heterocycles. The van der Waals surface area contributed by atoms with Crippen LogP contribution in [0.2, 0.25) is 0 Å². The molecule has 0 fully saturated rings. The summed E-state index contributed by atoms with van der Waals surface area (Å²) in [6.07, 6.45) is 14.9. The van der Waals surface area contributed by atoms with Crippen molar-refractivity contribution in [1.82, 2.24) is 25.4 Å². The standard InChI is InChI=1S/C30H38FN5.C3H4/c1-7-8-15-28-23(4)18-29(35-28)24(5)32-16-11-12-17-33-30(36-25(6)27(31)20-34-36)19-22(3)26-14-10-9-13-21(26)2;1-3-2/h8-10,13-15,18-20,32-33,35H,3,5,7,11-12,16-17H2,1-2,4,6H3;1H,2H3/b15-8-,30-19-;. The van der Waals surface area contributed by atoms with Gasteiger partial charge in [-0.15, -0.1) is 12.3 Å². The molecule has 5 nitrogen and oxygen atoms in total. The van der Waals surface area contributed by atoms with Crippen molar-refractivity contribution in [3.63, 3.8) is 0 Å². The fraction of sp³-hybridized carbons (Fsp3) is 0.303. The molecule has 39 heavy (non-hydrogen) atoms. The summed E-state index contributed by atoms with van der Waals surface area (Å²) < 4.78 is 15.6. The van der Waals surface area contributed by atoms with Gasteiger partial charge < -0.3 is 15.6 Å². The first-order valence-electron chi connectivity index (χ1n) is 13.3. The summed E-state index contributed by atoms with van der Waals surface area (Å²) in [5.41, 5.74) is 7.72. The number of aromatic nitrogens is 3. The van der Waals surface area contributed by atoms with Gasteiger partial charge in [0.1, 0.15) is 5.82 Å². The van der Waals surface area contributed by atoms with Crippen molar-refractivity contribution in [2.75, 3.05) is 13.1 Å². The second-order valence-corrected chi connectivity index (χ2v) is 9.28. The van der Waals surface area contributed by atoms with E-state index in [9.17, 15) is 4.39 Å². The molecule has 3 aromatic rings. The molecule has 6 heteroatoms. The highest BCUT2D eigenvalue weighted by Gasteiger charge is 2.11. The maximum absolute atomic E-state index is 14.0. The number of benzene rings is 1. The number of aryl methyl sites for hydroxylation is 2. The molecule has 0 saturated carbocycles. The first-order valence-corrected chi connectivity index (χ1v) is 13.3. The van der Waals surface area contributed by atoms with E-state index in [4.69, 9.17) is 0 Å². The SMILES string of the molecule is C#CC.C=C(NCCCCN/C(=C/C(=C)c1ccccc1C)n1ncc(F)c1C)c1cc(C)c(/C=C\CC)[nH]1. The summed E-state index contributed by atoms with van der Waals surface area (Å²) in [6.45, 7) is 19.6. The van der Waals surface area contributed by atoms with E-state index in [1.165, 1.54) is 11.8 Å². The summed E-state index contributed by atoms with van der Waals surface area (Å²) >= 11 is 0. The molecule has 3 rings (SSSR count). The van der Waals surface area contributed by atoms with Gasteiger partial charge in [0.2, 0.25) is 0 Å². The number of nitrogens with zero attached hydrogens (tertiary/aromatic N) is 2. The molecule has 0 unspecified atom stereocenters. The van der Waals surface area contributed by atoms with Gasteiger partial charge in [0, 0.05) is 18.8 Å². The normalized spacial score (nSPS) is 11.1. The molecule has 206 valence electrons. The van der Waals surface area contributed by atoms with Crippen molar-refractivity contribution in [3.05, 3.63) is 101 Å². The largest absolute Gasteiger partial charge is 0.384 e. The Morgan fingerprint density at radius 1 is 1.13 bits per heavy atom. The smallest absolute Gasteiger partial charge is 0.164 e. The van der Waals surface area contributed by atoms with Crippen molar-refractivity contribution in [1.29, 1.82) is 0 Å². The molecule has 0 aliphatic heterocycles. The minimum Gasteiger partial charge on any atom is -0.384 e. The topological polar surface area (TPSA) is 57.7 Å². The molecule has 0 aliphatic carbocycles. The first-order chi connectivity index (χ1) is 18.7. The molecule has 2 aromatic heterocycles. The molecule has 0 spiro atoms. The average molecular weight is 528 g/mol. The Balaban J connectivity index is 0.00000170. The first kappa shape index (κ1) is 31.0. The van der Waals surface area contributed by atoms with Gasteiger partial charge in [-0.1, -0.05) is 50.4 Å². The van der Waals surface area contributed by atoms with E-state index < -0.39 is 0 Å². The molecule has 0 bridgehead atoms. The average Bonchev–Trinajstić information content (AvgIpc) is 3.45. The third-order valence-electron chi connectivity index (χ3n) is 6.13. The summed E-state index contributed by atoms with van der Waals surface area (Å²) in [5, 5.41) is 11.1. The Morgan fingerprint density at radius 3 is 2.41 bits per heavy atom. The Hall–Kier alpha value is -4.24. The van der Waals surface area contributed by atoms with E-state index in [1.807, 2.05) is 24.3 Å². The number of rotatable bonds is 13. The number of halogens is 1. The zero-order chi connectivity index (χ0) is 28.8. The zero-order valence-corrected chi connectivity index (χ0v) is 24.0. The van der Waals surface area contributed by atoms with Crippen LogP contribution in [0.5, 0.6) is 0 Å². The number of nitrogens with one attached hydrogen (secondary N) is 3. The van der Waals surface area contributed by atoms with E-state index >= 15 is 0 Å². The molecule has 0 radical (unpaired) electrons. The van der Waals surface area contributed by atoms with E-state index in [2.05, 4.69) is 91.3 Å². The van der Waals surface area contributed by atoms with Crippen LogP contribution in [0.3, 0.4) is 0 Å². The Morgan fingerprint density at radius 2 is 1.79 bits per heavy atom. The molecule has 2 heterocycles. The fourth-order valence-electron chi connectivity index (χ4n) is 3.94. The lowest BCUT2D eigenvalue weighted by atomic mass is 10.0. The van der Waals surface area contributed by atoms with Gasteiger partial charge in [0.15, 0.2) is 5.82 Å². The number of H-pyrrole nitrogens is 1. The number of allylic oxidation sites excluding steroid dienone is 3. The summed E-state index contributed by atoms with van der Waals surface area (Å²) in [5.74, 6) is 2.62. The highest BCUT2D eigenvalue weighted by atomic mass is 19.1. The molecular weight excluding hydrogens is 485 g/mol. The van der Waals surface area contributed by atoms with Crippen LogP contribution in [0.15, 0.2) is 61.8 Å². The lowest BCUT2D eigenvalue weighted by molar-refractivity contribution is 0.613. The number of hydrogen-bond donors (Lipinski definition) is 3. The Kier molecular flexibility index (Phi) is 12.6. The predicted molar refractivity (Wildman–Crippen MR) is 165 cm³/mol. The summed E-state index contributed by atoms with van der Waals surface area (Å²) in [4.78, 5) is 3.43. The molecular formula is C33H42FN5. The van der Waals surface area contributed by atoms with Gasteiger partial charge in [-0.2, -0.15) is 5.10 Å². The highest BCUT2D eigenvalue weighted by molar-refractivity contribution is 5.79. The van der Waals surface area contributed by atoms with Crippen LogP contribution in [0.25, 0.3) is 23.2 Å². The Labute approximate surface area is 233 Å². The van der Waals surface area contributed by atoms with Crippen LogP contribution in [-0.2, 0) is 0 Å². The molecule has 1 aromatic carbocycles. The molecule has 0 aliphatic rings. The van der Waals surface area contributed by atoms with Gasteiger partial charge in [-0.25, -0.2) is 9.07 Å². The Bertz CT molecular complexity index is 1350. The summed E-state index contributed by atoms with van der Waals surface area (Å²) in [6, 6.07) is 10.2. The minimum atomic E-state index is -0.334. The highest BCUT2D eigenvalue weighted by Crippen LogP contribution is 2.21. The predicted octanol–water partition coefficient (Wildman–Crippen LogP) is 7.48. The second kappa shape index (κ2) is 15.9. The number of unbranched alkanes of at least 4 members (excludes halogenated alkanes) is 1. The van der Waals surface area contributed by atoms with E-state index in [-0.39, 0.29) is 5.82 Å². The van der Waals surface area contributed by atoms with Crippen molar-refractivity contribution < 1.29 is 4.39 Å². The van der Waals surface area contributed by atoms with Crippen LogP contribution < -0.4 is 10.6 Å². The summed E-state index contributed by atoms with van der Waals surface area (Å²) in [7, 11) is 0. The lowest BCUT2D eigenvalue weighted by Crippen LogP contribution is -2.22. The van der Waals surface area contributed by atoms with Gasteiger partial charge >= 0.3 is 0 Å². The van der Waals surface area contributed by atoms with Crippen LogP contribution in [0.4, 0.5) is 4.39 Å². The monoisotopic (exact) mass is 527 g/mol. The van der Waals surface area contributed by atoms with E-state index in [0.29, 0.717) is 11.5 Å². The lowest BCUT2D eigenvalue weighted by Gasteiger charge is -2.15. The van der Waals surface area contributed by atoms with Crippen molar-refractivity contribution in [2.24, 2.45) is 0 Å². The van der Waals surface area contributed by atoms with Gasteiger partial charge in [0.05, 0.1) is 23.3 Å². The van der Waals surface area contributed by atoms with Crippen LogP contribution >= 0.6 is 0 Å². The van der Waals surface area contributed by atoms with Crippen LogP contribution in [-0.4, -0.2) is 27.9 Å². The van der Waals surface area contributed by atoms with Crippen molar-refractivity contribution >= 4 is 23.2 Å². The molecule has 0 atom stereocenters. The minimum absolute atomic E-state index is 0.334. The van der Waals surface area contributed by atoms with Crippen molar-refractivity contribution in [2.45, 2.75) is 53.9 Å². The fourth-order valence-corrected chi connectivity index (χ4v) is 3.94. The maximum Gasteiger partial charge on any atom is 0.164 e. The molecule has 0 amide bonds. The second-order valence-electron chi connectivity index (χ2n) is 9.28. The van der Waals surface area contributed by atoms with Crippen LogP contribution in [0.1, 0.15) is 66.9 Å².